The Balaban J connectivity index is 1.80. The van der Waals surface area contributed by atoms with Crippen molar-refractivity contribution in [1.82, 2.24) is 10.2 Å². The van der Waals surface area contributed by atoms with E-state index in [1.165, 1.54) is 29.2 Å². The molecule has 7 nitrogen and oxygen atoms in total. The molecular formula is C35H38FN3O4S. The summed E-state index contributed by atoms with van der Waals surface area (Å²) < 4.78 is 42.9. The van der Waals surface area contributed by atoms with Gasteiger partial charge in [-0.05, 0) is 75.2 Å². The van der Waals surface area contributed by atoms with Gasteiger partial charge < -0.3 is 10.2 Å². The van der Waals surface area contributed by atoms with Crippen LogP contribution >= 0.6 is 0 Å². The summed E-state index contributed by atoms with van der Waals surface area (Å²) in [6.45, 7) is 6.94. The van der Waals surface area contributed by atoms with Gasteiger partial charge in [0.15, 0.2) is 0 Å². The van der Waals surface area contributed by atoms with Crippen molar-refractivity contribution in [2.24, 2.45) is 0 Å². The standard InChI is InChI=1S/C35H38FN3O4S/c1-25(2)37-35(41)33(22-28-10-6-5-7-11-28)38(23-29-12-8-9-27(4)21-29)34(40)24-39(31-17-15-30(36)16-18-31)44(42,43)32-19-13-26(3)14-20-32/h5-21,25,33H,22-24H2,1-4H3,(H,37,41). The SMILES string of the molecule is Cc1ccc(S(=O)(=O)N(CC(=O)N(Cc2cccc(C)c2)C(Cc2ccccc2)C(=O)NC(C)C)c2ccc(F)cc2)cc1. The summed E-state index contributed by atoms with van der Waals surface area (Å²) in [7, 11) is -4.25. The van der Waals surface area contributed by atoms with Crippen molar-refractivity contribution in [3.8, 4) is 0 Å². The summed E-state index contributed by atoms with van der Waals surface area (Å²) in [6, 6.07) is 27.1. The predicted molar refractivity (Wildman–Crippen MR) is 171 cm³/mol. The van der Waals surface area contributed by atoms with E-state index in [1.54, 1.807) is 12.1 Å². The van der Waals surface area contributed by atoms with Crippen LogP contribution in [0.3, 0.4) is 0 Å². The van der Waals surface area contributed by atoms with Gasteiger partial charge in [-0.2, -0.15) is 0 Å². The van der Waals surface area contributed by atoms with Crippen molar-refractivity contribution in [2.45, 2.75) is 57.6 Å². The van der Waals surface area contributed by atoms with Crippen LogP contribution in [0.4, 0.5) is 10.1 Å². The van der Waals surface area contributed by atoms with Gasteiger partial charge in [-0.15, -0.1) is 0 Å². The average molecular weight is 616 g/mol. The number of aryl methyl sites for hydroxylation is 2. The number of rotatable bonds is 12. The summed E-state index contributed by atoms with van der Waals surface area (Å²) in [5, 5.41) is 2.94. The van der Waals surface area contributed by atoms with E-state index in [-0.39, 0.29) is 35.5 Å². The number of carbonyl (C=O) groups excluding carboxylic acids is 2. The highest BCUT2D eigenvalue weighted by Crippen LogP contribution is 2.26. The van der Waals surface area contributed by atoms with Crippen LogP contribution in [0.5, 0.6) is 0 Å². The molecule has 0 aliphatic rings. The number of amides is 2. The molecule has 4 aromatic carbocycles. The van der Waals surface area contributed by atoms with Crippen molar-refractivity contribution in [2.75, 3.05) is 10.8 Å². The Morgan fingerprint density at radius 3 is 2.05 bits per heavy atom. The fourth-order valence-corrected chi connectivity index (χ4v) is 6.33. The molecular weight excluding hydrogens is 577 g/mol. The Morgan fingerprint density at radius 2 is 1.43 bits per heavy atom. The molecule has 0 aromatic heterocycles. The molecule has 9 heteroatoms. The van der Waals surface area contributed by atoms with Crippen LogP contribution in [0.2, 0.25) is 0 Å². The number of hydrogen-bond donors (Lipinski definition) is 1. The third-order valence-electron chi connectivity index (χ3n) is 7.14. The number of nitrogens with one attached hydrogen (secondary N) is 1. The number of benzene rings is 4. The van der Waals surface area contributed by atoms with Gasteiger partial charge in [-0.1, -0.05) is 77.9 Å². The van der Waals surface area contributed by atoms with E-state index in [0.717, 1.165) is 38.7 Å². The van der Waals surface area contributed by atoms with Crippen LogP contribution in [-0.2, 0) is 32.6 Å². The molecule has 4 rings (SSSR count). The molecule has 1 atom stereocenters. The maximum Gasteiger partial charge on any atom is 0.264 e. The van der Waals surface area contributed by atoms with Crippen LogP contribution in [0.15, 0.2) is 108 Å². The molecule has 230 valence electrons. The number of halogens is 1. The largest absolute Gasteiger partial charge is 0.352 e. The van der Waals surface area contributed by atoms with Gasteiger partial charge in [0.1, 0.15) is 18.4 Å². The maximum atomic E-state index is 14.4. The molecule has 0 spiro atoms. The lowest BCUT2D eigenvalue weighted by Crippen LogP contribution is -2.54. The van der Waals surface area contributed by atoms with Crippen molar-refractivity contribution in [1.29, 1.82) is 0 Å². The van der Waals surface area contributed by atoms with Crippen LogP contribution < -0.4 is 9.62 Å². The van der Waals surface area contributed by atoms with Crippen LogP contribution in [0.1, 0.15) is 36.1 Å². The van der Waals surface area contributed by atoms with Gasteiger partial charge >= 0.3 is 0 Å². The smallest absolute Gasteiger partial charge is 0.264 e. The first-order valence-electron chi connectivity index (χ1n) is 14.5. The first-order valence-corrected chi connectivity index (χ1v) is 15.9. The van der Waals surface area contributed by atoms with E-state index in [9.17, 15) is 22.4 Å². The molecule has 0 radical (unpaired) electrons. The monoisotopic (exact) mass is 615 g/mol. The van der Waals surface area contributed by atoms with Gasteiger partial charge in [0.05, 0.1) is 10.6 Å². The second-order valence-electron chi connectivity index (χ2n) is 11.2. The van der Waals surface area contributed by atoms with E-state index in [4.69, 9.17) is 0 Å². The zero-order chi connectivity index (χ0) is 31.9. The molecule has 0 aliphatic heterocycles. The fraction of sp³-hybridized carbons (Fsp3) is 0.257. The zero-order valence-corrected chi connectivity index (χ0v) is 26.2. The van der Waals surface area contributed by atoms with Crippen molar-refractivity contribution in [3.05, 3.63) is 131 Å². The van der Waals surface area contributed by atoms with E-state index in [1.807, 2.05) is 82.3 Å². The van der Waals surface area contributed by atoms with Crippen molar-refractivity contribution >= 4 is 27.5 Å². The Morgan fingerprint density at radius 1 is 0.795 bits per heavy atom. The second-order valence-corrected chi connectivity index (χ2v) is 13.0. The normalized spacial score (nSPS) is 12.0. The first kappa shape index (κ1) is 32.4. The van der Waals surface area contributed by atoms with E-state index < -0.39 is 34.3 Å². The molecule has 0 saturated heterocycles. The Labute approximate surface area is 259 Å². The minimum atomic E-state index is -4.25. The molecule has 44 heavy (non-hydrogen) atoms. The van der Waals surface area contributed by atoms with Crippen LogP contribution in [-0.4, -0.2) is 43.8 Å². The first-order chi connectivity index (χ1) is 20.9. The Kier molecular flexibility index (Phi) is 10.5. The molecule has 1 N–H and O–H groups in total. The minimum Gasteiger partial charge on any atom is -0.352 e. The van der Waals surface area contributed by atoms with E-state index in [0.29, 0.717) is 0 Å². The zero-order valence-electron chi connectivity index (χ0n) is 25.4. The molecule has 0 heterocycles. The quantitative estimate of drug-likeness (QED) is 0.218. The van der Waals surface area contributed by atoms with E-state index >= 15 is 0 Å². The molecule has 4 aromatic rings. The van der Waals surface area contributed by atoms with Gasteiger partial charge in [0.2, 0.25) is 11.8 Å². The fourth-order valence-electron chi connectivity index (χ4n) is 4.92. The predicted octanol–water partition coefficient (Wildman–Crippen LogP) is 5.80. The highest BCUT2D eigenvalue weighted by Gasteiger charge is 2.34. The van der Waals surface area contributed by atoms with Gasteiger partial charge in [-0.3, -0.25) is 13.9 Å². The Bertz CT molecular complexity index is 1680. The van der Waals surface area contributed by atoms with Crippen molar-refractivity contribution in [3.63, 3.8) is 0 Å². The molecule has 0 bridgehead atoms. The summed E-state index contributed by atoms with van der Waals surface area (Å²) in [6.07, 6.45) is 0.220. The van der Waals surface area contributed by atoms with Crippen LogP contribution in [0.25, 0.3) is 0 Å². The molecule has 0 fully saturated rings. The summed E-state index contributed by atoms with van der Waals surface area (Å²) in [5.74, 6) is -1.46. The highest BCUT2D eigenvalue weighted by atomic mass is 32.2. The minimum absolute atomic E-state index is 0.0103. The third-order valence-corrected chi connectivity index (χ3v) is 8.93. The van der Waals surface area contributed by atoms with Gasteiger partial charge in [-0.25, -0.2) is 12.8 Å². The number of sulfonamides is 1. The number of hydrogen-bond acceptors (Lipinski definition) is 4. The van der Waals surface area contributed by atoms with Gasteiger partial charge in [0, 0.05) is 19.0 Å². The lowest BCUT2D eigenvalue weighted by molar-refractivity contribution is -0.140. The molecule has 1 unspecified atom stereocenters. The number of anilines is 1. The molecule has 0 saturated carbocycles. The topological polar surface area (TPSA) is 86.8 Å². The molecule has 2 amide bonds. The number of carbonyl (C=O) groups is 2. The summed E-state index contributed by atoms with van der Waals surface area (Å²) in [5.41, 5.74) is 3.63. The summed E-state index contributed by atoms with van der Waals surface area (Å²) in [4.78, 5) is 29.6. The Hall–Kier alpha value is -4.50. The maximum absolute atomic E-state index is 14.4. The van der Waals surface area contributed by atoms with Gasteiger partial charge in [0.25, 0.3) is 10.0 Å². The second kappa shape index (κ2) is 14.3. The lowest BCUT2D eigenvalue weighted by Gasteiger charge is -2.34. The van der Waals surface area contributed by atoms with Crippen molar-refractivity contribution < 1.29 is 22.4 Å². The molecule has 0 aliphatic carbocycles. The highest BCUT2D eigenvalue weighted by molar-refractivity contribution is 7.92. The average Bonchev–Trinajstić information content (AvgIpc) is 2.98. The lowest BCUT2D eigenvalue weighted by atomic mass is 10.0. The number of nitrogens with zero attached hydrogens (tertiary/aromatic N) is 2. The van der Waals surface area contributed by atoms with E-state index in [2.05, 4.69) is 5.32 Å². The third kappa shape index (κ3) is 8.32. The summed E-state index contributed by atoms with van der Waals surface area (Å²) >= 11 is 0. The van der Waals surface area contributed by atoms with Crippen LogP contribution in [0, 0.1) is 19.7 Å².